The zero-order valence-corrected chi connectivity index (χ0v) is 16.8. The monoisotopic (exact) mass is 399 g/mol. The van der Waals surface area contributed by atoms with Crippen LogP contribution in [0.25, 0.3) is 0 Å². The highest BCUT2D eigenvalue weighted by Crippen LogP contribution is 2.36. The number of amides is 1. The molecule has 0 radical (unpaired) electrons. The molecule has 1 atom stereocenters. The average Bonchev–Trinajstić information content (AvgIpc) is 3.22. The van der Waals surface area contributed by atoms with Gasteiger partial charge in [0.15, 0.2) is 11.5 Å². The maximum absolute atomic E-state index is 14.1. The molecule has 6 nitrogen and oxygen atoms in total. The minimum atomic E-state index is -0.365. The number of benzene rings is 2. The molecule has 2 aromatic rings. The van der Waals surface area contributed by atoms with Crippen molar-refractivity contribution in [2.45, 2.75) is 19.9 Å². The molecule has 4 rings (SSSR count). The molecule has 2 heterocycles. The summed E-state index contributed by atoms with van der Waals surface area (Å²) in [5, 5.41) is 2.99. The quantitative estimate of drug-likeness (QED) is 0.837. The van der Waals surface area contributed by atoms with Crippen molar-refractivity contribution in [1.82, 2.24) is 10.2 Å². The van der Waals surface area contributed by atoms with Crippen molar-refractivity contribution in [1.29, 1.82) is 0 Å². The number of para-hydroxylation sites is 1. The van der Waals surface area contributed by atoms with E-state index in [1.165, 1.54) is 12.1 Å². The van der Waals surface area contributed by atoms with Gasteiger partial charge in [0.1, 0.15) is 5.82 Å². The van der Waals surface area contributed by atoms with E-state index in [1.54, 1.807) is 18.2 Å². The Balaban J connectivity index is 1.54. The maximum atomic E-state index is 14.1. The molecule has 1 amide bonds. The number of carbonyl (C=O) groups excluding carboxylic acids is 1. The van der Waals surface area contributed by atoms with Gasteiger partial charge in [-0.05, 0) is 43.8 Å². The van der Waals surface area contributed by atoms with Gasteiger partial charge in [-0.15, -0.1) is 0 Å². The molecule has 1 N–H and O–H groups in total. The first-order chi connectivity index (χ1) is 14.1. The fraction of sp³-hybridized carbons (Fsp3) is 0.409. The molecule has 0 bridgehead atoms. The number of likely N-dealkylation sites (N-methyl/N-ethyl adjacent to an activating group) is 1. The van der Waals surface area contributed by atoms with E-state index in [1.807, 2.05) is 13.0 Å². The molecule has 2 aromatic carbocycles. The third-order valence-corrected chi connectivity index (χ3v) is 5.61. The molecule has 0 aromatic heterocycles. The SMILES string of the molecule is CCN1CCN(c2ccc(F)cc2C(C)NC(=O)c2cccc3c2OCO3)CC1. The van der Waals surface area contributed by atoms with E-state index in [2.05, 4.69) is 22.0 Å². The van der Waals surface area contributed by atoms with Crippen molar-refractivity contribution in [3.05, 3.63) is 53.3 Å². The topological polar surface area (TPSA) is 54.0 Å². The Kier molecular flexibility index (Phi) is 5.58. The van der Waals surface area contributed by atoms with Gasteiger partial charge in [-0.2, -0.15) is 0 Å². The number of hydrogen-bond acceptors (Lipinski definition) is 5. The molecule has 1 fully saturated rings. The predicted octanol–water partition coefficient (Wildman–Crippen LogP) is 3.19. The summed E-state index contributed by atoms with van der Waals surface area (Å²) in [4.78, 5) is 17.5. The first-order valence-electron chi connectivity index (χ1n) is 10.0. The molecular formula is C22H26FN3O3. The van der Waals surface area contributed by atoms with Crippen LogP contribution >= 0.6 is 0 Å². The summed E-state index contributed by atoms with van der Waals surface area (Å²) in [5.74, 6) is 0.429. The number of anilines is 1. The van der Waals surface area contributed by atoms with Crippen molar-refractivity contribution in [2.24, 2.45) is 0 Å². The minimum absolute atomic E-state index is 0.104. The molecule has 2 aliphatic heterocycles. The third kappa shape index (κ3) is 4.00. The largest absolute Gasteiger partial charge is 0.454 e. The summed E-state index contributed by atoms with van der Waals surface area (Å²) in [6.07, 6.45) is 0. The molecule has 7 heteroatoms. The Morgan fingerprint density at radius 3 is 2.72 bits per heavy atom. The van der Waals surface area contributed by atoms with Gasteiger partial charge in [-0.1, -0.05) is 13.0 Å². The predicted molar refractivity (Wildman–Crippen MR) is 109 cm³/mol. The van der Waals surface area contributed by atoms with Crippen LogP contribution in [0.1, 0.15) is 35.8 Å². The lowest BCUT2D eigenvalue weighted by Crippen LogP contribution is -2.46. The van der Waals surface area contributed by atoms with Gasteiger partial charge >= 0.3 is 0 Å². The van der Waals surface area contributed by atoms with Crippen LogP contribution in [0, 0.1) is 5.82 Å². The summed E-state index contributed by atoms with van der Waals surface area (Å²) in [6.45, 7) is 8.87. The normalized spacial score (nSPS) is 17.3. The Labute approximate surface area is 170 Å². The molecule has 0 spiro atoms. The lowest BCUT2D eigenvalue weighted by atomic mass is 10.0. The van der Waals surface area contributed by atoms with E-state index in [4.69, 9.17) is 9.47 Å². The molecule has 1 saturated heterocycles. The number of piperazine rings is 1. The number of carbonyl (C=O) groups is 1. The Hall–Kier alpha value is -2.80. The van der Waals surface area contributed by atoms with Gasteiger partial charge in [0.2, 0.25) is 6.79 Å². The van der Waals surface area contributed by atoms with Gasteiger partial charge in [-0.25, -0.2) is 4.39 Å². The molecule has 154 valence electrons. The van der Waals surface area contributed by atoms with Gasteiger partial charge in [0.05, 0.1) is 11.6 Å². The first-order valence-corrected chi connectivity index (χ1v) is 10.0. The van der Waals surface area contributed by atoms with Gasteiger partial charge in [0.25, 0.3) is 5.91 Å². The van der Waals surface area contributed by atoms with Crippen LogP contribution in [-0.2, 0) is 0 Å². The molecule has 2 aliphatic rings. The summed E-state index contributed by atoms with van der Waals surface area (Å²) in [7, 11) is 0. The number of ether oxygens (including phenoxy) is 2. The van der Waals surface area contributed by atoms with Crippen molar-refractivity contribution in [3.63, 3.8) is 0 Å². The van der Waals surface area contributed by atoms with Crippen LogP contribution in [-0.4, -0.2) is 50.3 Å². The van der Waals surface area contributed by atoms with Crippen LogP contribution in [0.15, 0.2) is 36.4 Å². The fourth-order valence-corrected chi connectivity index (χ4v) is 3.93. The smallest absolute Gasteiger partial charge is 0.255 e. The van der Waals surface area contributed by atoms with Crippen molar-refractivity contribution < 1.29 is 18.7 Å². The highest BCUT2D eigenvalue weighted by atomic mass is 19.1. The van der Waals surface area contributed by atoms with E-state index < -0.39 is 0 Å². The van der Waals surface area contributed by atoms with Gasteiger partial charge in [0, 0.05) is 37.4 Å². The van der Waals surface area contributed by atoms with E-state index in [9.17, 15) is 9.18 Å². The molecule has 0 aliphatic carbocycles. The Morgan fingerprint density at radius 2 is 1.97 bits per heavy atom. The van der Waals surface area contributed by atoms with Crippen molar-refractivity contribution in [3.8, 4) is 11.5 Å². The first kappa shape index (κ1) is 19.5. The average molecular weight is 399 g/mol. The van der Waals surface area contributed by atoms with Crippen molar-refractivity contribution in [2.75, 3.05) is 44.4 Å². The summed E-state index contributed by atoms with van der Waals surface area (Å²) >= 11 is 0. The number of nitrogens with one attached hydrogen (secondary N) is 1. The van der Waals surface area contributed by atoms with Gasteiger partial charge < -0.3 is 24.6 Å². The molecular weight excluding hydrogens is 373 g/mol. The number of hydrogen-bond donors (Lipinski definition) is 1. The summed E-state index contributed by atoms with van der Waals surface area (Å²) in [6, 6.07) is 9.67. The van der Waals surface area contributed by atoms with Crippen LogP contribution in [0.4, 0.5) is 10.1 Å². The second kappa shape index (κ2) is 8.29. The van der Waals surface area contributed by atoms with E-state index >= 15 is 0 Å². The molecule has 1 unspecified atom stereocenters. The standard InChI is InChI=1S/C22H26FN3O3/c1-3-25-9-11-26(12-10-25)19-8-7-16(23)13-18(19)15(2)24-22(27)17-5-4-6-20-21(17)29-14-28-20/h4-8,13,15H,3,9-12,14H2,1-2H3,(H,24,27). The molecule has 29 heavy (non-hydrogen) atoms. The zero-order valence-electron chi connectivity index (χ0n) is 16.8. The van der Waals surface area contributed by atoms with Crippen LogP contribution in [0.2, 0.25) is 0 Å². The lowest BCUT2D eigenvalue weighted by molar-refractivity contribution is 0.0935. The summed E-state index contributed by atoms with van der Waals surface area (Å²) in [5.41, 5.74) is 2.15. The number of fused-ring (bicyclic) bond motifs is 1. The minimum Gasteiger partial charge on any atom is -0.454 e. The fourth-order valence-electron chi connectivity index (χ4n) is 3.93. The zero-order chi connectivity index (χ0) is 20.4. The Bertz CT molecular complexity index is 897. The third-order valence-electron chi connectivity index (χ3n) is 5.61. The lowest BCUT2D eigenvalue weighted by Gasteiger charge is -2.37. The number of halogens is 1. The van der Waals surface area contributed by atoms with Crippen LogP contribution in [0.3, 0.4) is 0 Å². The highest BCUT2D eigenvalue weighted by molar-refractivity contribution is 5.98. The van der Waals surface area contributed by atoms with Crippen LogP contribution < -0.4 is 19.7 Å². The van der Waals surface area contributed by atoms with Crippen LogP contribution in [0.5, 0.6) is 11.5 Å². The second-order valence-electron chi connectivity index (χ2n) is 7.36. The highest BCUT2D eigenvalue weighted by Gasteiger charge is 2.25. The molecule has 0 saturated carbocycles. The van der Waals surface area contributed by atoms with Gasteiger partial charge in [-0.3, -0.25) is 4.79 Å². The van der Waals surface area contributed by atoms with E-state index in [0.717, 1.165) is 44.0 Å². The second-order valence-corrected chi connectivity index (χ2v) is 7.36. The van der Waals surface area contributed by atoms with Crippen molar-refractivity contribution >= 4 is 11.6 Å². The number of rotatable bonds is 5. The Morgan fingerprint density at radius 1 is 1.17 bits per heavy atom. The number of nitrogens with zero attached hydrogens (tertiary/aromatic N) is 2. The van der Waals surface area contributed by atoms with E-state index in [-0.39, 0.29) is 24.6 Å². The maximum Gasteiger partial charge on any atom is 0.255 e. The van der Waals surface area contributed by atoms with E-state index in [0.29, 0.717) is 17.1 Å². The summed E-state index contributed by atoms with van der Waals surface area (Å²) < 4.78 is 24.8.